The van der Waals surface area contributed by atoms with Crippen molar-refractivity contribution >= 4 is 40.9 Å². The number of ether oxygens (including phenoxy) is 3. The molecule has 0 atom stereocenters. The quantitative estimate of drug-likeness (QED) is 0.340. The van der Waals surface area contributed by atoms with E-state index in [2.05, 4.69) is 5.32 Å². The third-order valence-corrected chi connectivity index (χ3v) is 3.83. The number of rotatable bonds is 6. The maximum Gasteiger partial charge on any atom is 0.331 e. The molecule has 1 N–H and O–H groups in total. The van der Waals surface area contributed by atoms with Gasteiger partial charge in [-0.1, -0.05) is 17.7 Å². The van der Waals surface area contributed by atoms with Crippen LogP contribution in [-0.2, 0) is 14.3 Å². The van der Waals surface area contributed by atoms with Crippen molar-refractivity contribution in [1.29, 1.82) is 0 Å². The van der Waals surface area contributed by atoms with E-state index in [1.54, 1.807) is 12.1 Å². The lowest BCUT2D eigenvalue weighted by Gasteiger charge is -2.05. The number of nitrogens with zero attached hydrogens (tertiary/aromatic N) is 1. The molecule has 1 aliphatic rings. The molecule has 1 aliphatic heterocycles. The van der Waals surface area contributed by atoms with Crippen LogP contribution in [0.25, 0.3) is 6.08 Å². The van der Waals surface area contributed by atoms with Crippen molar-refractivity contribution in [2.45, 2.75) is 0 Å². The van der Waals surface area contributed by atoms with Crippen molar-refractivity contribution in [3.05, 3.63) is 63.2 Å². The first-order valence-corrected chi connectivity index (χ1v) is 8.28. The number of anilines is 1. The zero-order valence-electron chi connectivity index (χ0n) is 14.2. The third-order valence-electron chi connectivity index (χ3n) is 3.55. The molecule has 2 aromatic carbocycles. The summed E-state index contributed by atoms with van der Waals surface area (Å²) in [6.07, 6.45) is 2.59. The van der Waals surface area contributed by atoms with Crippen LogP contribution in [0, 0.1) is 10.1 Å². The zero-order valence-corrected chi connectivity index (χ0v) is 15.0. The Morgan fingerprint density at radius 3 is 2.89 bits per heavy atom. The van der Waals surface area contributed by atoms with E-state index in [9.17, 15) is 19.7 Å². The molecule has 0 spiro atoms. The molecule has 2 aromatic rings. The van der Waals surface area contributed by atoms with Crippen LogP contribution in [-0.4, -0.2) is 30.2 Å². The van der Waals surface area contributed by atoms with Crippen LogP contribution >= 0.6 is 11.6 Å². The number of hydrogen-bond acceptors (Lipinski definition) is 7. The smallest absolute Gasteiger partial charge is 0.331 e. The van der Waals surface area contributed by atoms with E-state index < -0.39 is 23.4 Å². The first-order valence-electron chi connectivity index (χ1n) is 7.90. The zero-order chi connectivity index (χ0) is 20.1. The lowest BCUT2D eigenvalue weighted by Crippen LogP contribution is -2.20. The summed E-state index contributed by atoms with van der Waals surface area (Å²) in [7, 11) is 0. The van der Waals surface area contributed by atoms with Gasteiger partial charge in [0.15, 0.2) is 18.1 Å². The highest BCUT2D eigenvalue weighted by Gasteiger charge is 2.17. The number of amides is 1. The number of nitro benzene ring substituents is 1. The molecule has 144 valence electrons. The largest absolute Gasteiger partial charge is 0.454 e. The molecule has 9 nitrogen and oxygen atoms in total. The highest BCUT2D eigenvalue weighted by Crippen LogP contribution is 2.40. The monoisotopic (exact) mass is 404 g/mol. The minimum Gasteiger partial charge on any atom is -0.454 e. The summed E-state index contributed by atoms with van der Waals surface area (Å²) in [5, 5.41) is 13.5. The topological polar surface area (TPSA) is 117 Å². The fourth-order valence-corrected chi connectivity index (χ4v) is 2.60. The molecule has 3 rings (SSSR count). The fourth-order valence-electron chi connectivity index (χ4n) is 2.33. The molecule has 1 heterocycles. The van der Waals surface area contributed by atoms with Crippen molar-refractivity contribution < 1.29 is 28.7 Å². The highest BCUT2D eigenvalue weighted by molar-refractivity contribution is 6.32. The Balaban J connectivity index is 1.52. The third kappa shape index (κ3) is 4.77. The van der Waals surface area contributed by atoms with Gasteiger partial charge in [0.2, 0.25) is 6.79 Å². The van der Waals surface area contributed by atoms with Gasteiger partial charge in [-0.3, -0.25) is 14.9 Å². The normalized spacial score (nSPS) is 12.0. The second kappa shape index (κ2) is 8.40. The molecule has 1 amide bonds. The van der Waals surface area contributed by atoms with Gasteiger partial charge in [-0.05, 0) is 29.8 Å². The molecular weight excluding hydrogens is 392 g/mol. The first-order chi connectivity index (χ1) is 13.4. The number of benzene rings is 2. The second-order valence-corrected chi connectivity index (χ2v) is 5.94. The molecule has 0 unspecified atom stereocenters. The van der Waals surface area contributed by atoms with Crippen LogP contribution in [0.15, 0.2) is 42.5 Å². The lowest BCUT2D eigenvalue weighted by molar-refractivity contribution is -0.384. The van der Waals surface area contributed by atoms with Gasteiger partial charge in [-0.15, -0.1) is 0 Å². The number of carbonyl (C=O) groups is 2. The van der Waals surface area contributed by atoms with Gasteiger partial charge < -0.3 is 19.5 Å². The lowest BCUT2D eigenvalue weighted by atomic mass is 10.2. The number of halogens is 1. The summed E-state index contributed by atoms with van der Waals surface area (Å²) in [4.78, 5) is 33.7. The minimum atomic E-state index is -0.747. The Kier molecular flexibility index (Phi) is 5.75. The van der Waals surface area contributed by atoms with E-state index in [1.807, 2.05) is 0 Å². The number of nitro groups is 1. The number of hydrogen-bond donors (Lipinski definition) is 1. The van der Waals surface area contributed by atoms with Crippen molar-refractivity contribution in [2.24, 2.45) is 0 Å². The predicted octanol–water partition coefficient (Wildman–Crippen LogP) is 3.17. The highest BCUT2D eigenvalue weighted by atomic mass is 35.5. The van der Waals surface area contributed by atoms with E-state index in [-0.39, 0.29) is 18.2 Å². The molecular formula is C18H13ClN2O7. The standard InChI is InChI=1S/C18H13ClN2O7/c19-14-6-11(7-15-18(14)28-10-27-15)4-5-17(23)26-9-16(22)20-12-2-1-3-13(8-12)21(24)25/h1-8H,9-10H2,(H,20,22)/b5-4+. The van der Waals surface area contributed by atoms with E-state index >= 15 is 0 Å². The summed E-state index contributed by atoms with van der Waals surface area (Å²) in [6, 6.07) is 8.64. The Morgan fingerprint density at radius 1 is 1.29 bits per heavy atom. The maximum absolute atomic E-state index is 11.8. The fraction of sp³-hybridized carbons (Fsp3) is 0.111. The van der Waals surface area contributed by atoms with Crippen molar-refractivity contribution in [3.63, 3.8) is 0 Å². The molecule has 0 saturated carbocycles. The van der Waals surface area contributed by atoms with Crippen LogP contribution in [0.4, 0.5) is 11.4 Å². The number of nitrogens with one attached hydrogen (secondary N) is 1. The molecule has 28 heavy (non-hydrogen) atoms. The van der Waals surface area contributed by atoms with Gasteiger partial charge in [-0.25, -0.2) is 4.79 Å². The summed E-state index contributed by atoms with van der Waals surface area (Å²) in [5.74, 6) is -0.465. The molecule has 0 aliphatic carbocycles. The van der Waals surface area contributed by atoms with Crippen LogP contribution in [0.2, 0.25) is 5.02 Å². The summed E-state index contributed by atoms with van der Waals surface area (Å²) < 4.78 is 15.3. The molecule has 0 fully saturated rings. The van der Waals surface area contributed by atoms with Gasteiger partial charge in [-0.2, -0.15) is 0 Å². The van der Waals surface area contributed by atoms with Crippen LogP contribution in [0.1, 0.15) is 5.56 Å². The average Bonchev–Trinajstić information content (AvgIpc) is 3.14. The average molecular weight is 405 g/mol. The molecule has 0 saturated heterocycles. The van der Waals surface area contributed by atoms with E-state index in [1.165, 1.54) is 30.3 Å². The Hall–Kier alpha value is -3.59. The molecule has 0 aromatic heterocycles. The van der Waals surface area contributed by atoms with Crippen LogP contribution in [0.5, 0.6) is 11.5 Å². The van der Waals surface area contributed by atoms with Gasteiger partial charge in [0.1, 0.15) is 0 Å². The number of carbonyl (C=O) groups excluding carboxylic acids is 2. The van der Waals surface area contributed by atoms with Crippen molar-refractivity contribution in [3.8, 4) is 11.5 Å². The van der Waals surface area contributed by atoms with E-state index in [0.717, 1.165) is 6.08 Å². The number of fused-ring (bicyclic) bond motifs is 1. The Labute approximate surface area is 163 Å². The number of esters is 1. The van der Waals surface area contributed by atoms with Gasteiger partial charge >= 0.3 is 5.97 Å². The second-order valence-electron chi connectivity index (χ2n) is 5.53. The minimum absolute atomic E-state index is 0.0734. The van der Waals surface area contributed by atoms with Crippen LogP contribution < -0.4 is 14.8 Å². The van der Waals surface area contributed by atoms with Gasteiger partial charge in [0.25, 0.3) is 11.6 Å². The van der Waals surface area contributed by atoms with E-state index in [0.29, 0.717) is 22.1 Å². The molecule has 10 heteroatoms. The molecule has 0 bridgehead atoms. The van der Waals surface area contributed by atoms with Crippen LogP contribution in [0.3, 0.4) is 0 Å². The first kappa shape index (κ1) is 19.2. The molecule has 0 radical (unpaired) electrons. The Bertz CT molecular complexity index is 974. The predicted molar refractivity (Wildman–Crippen MR) is 99.3 cm³/mol. The SMILES string of the molecule is O=C(COC(=O)/C=C/c1cc(Cl)c2c(c1)OCO2)Nc1cccc([N+](=O)[O-])c1. The van der Waals surface area contributed by atoms with Gasteiger partial charge in [0.05, 0.1) is 9.95 Å². The van der Waals surface area contributed by atoms with Crippen molar-refractivity contribution in [1.82, 2.24) is 0 Å². The van der Waals surface area contributed by atoms with E-state index in [4.69, 9.17) is 25.8 Å². The Morgan fingerprint density at radius 2 is 2.11 bits per heavy atom. The van der Waals surface area contributed by atoms with Gasteiger partial charge in [0, 0.05) is 23.9 Å². The summed E-state index contributed by atoms with van der Waals surface area (Å²) >= 11 is 6.05. The summed E-state index contributed by atoms with van der Waals surface area (Å²) in [5.41, 5.74) is 0.646. The number of non-ortho nitro benzene ring substituents is 1. The van der Waals surface area contributed by atoms with Crippen molar-refractivity contribution in [2.75, 3.05) is 18.7 Å². The maximum atomic E-state index is 11.8. The summed E-state index contributed by atoms with van der Waals surface area (Å²) in [6.45, 7) is -0.474.